The van der Waals surface area contributed by atoms with Crippen molar-refractivity contribution in [3.05, 3.63) is 29.3 Å². The van der Waals surface area contributed by atoms with Crippen molar-refractivity contribution < 1.29 is 14.6 Å². The molecule has 1 aromatic carbocycles. The van der Waals surface area contributed by atoms with Crippen molar-refractivity contribution in [3.63, 3.8) is 0 Å². The highest BCUT2D eigenvalue weighted by Crippen LogP contribution is 2.26. The molecule has 0 aromatic heterocycles. The molecule has 1 heterocycles. The van der Waals surface area contributed by atoms with Crippen molar-refractivity contribution in [2.45, 2.75) is 32.4 Å². The number of benzene rings is 1. The smallest absolute Gasteiger partial charge is 0.306 e. The van der Waals surface area contributed by atoms with Crippen molar-refractivity contribution in [3.8, 4) is 11.8 Å². The van der Waals surface area contributed by atoms with Crippen LogP contribution in [0.1, 0.15) is 30.9 Å². The quantitative estimate of drug-likeness (QED) is 0.920. The largest absolute Gasteiger partial charge is 0.495 e. The Morgan fingerprint density at radius 2 is 2.33 bits per heavy atom. The van der Waals surface area contributed by atoms with Gasteiger partial charge < -0.3 is 9.84 Å². The zero-order valence-electron chi connectivity index (χ0n) is 12.4. The van der Waals surface area contributed by atoms with Crippen LogP contribution in [0.3, 0.4) is 0 Å². The van der Waals surface area contributed by atoms with E-state index < -0.39 is 5.97 Å². The predicted molar refractivity (Wildman–Crippen MR) is 77.9 cm³/mol. The first-order chi connectivity index (χ1) is 10.0. The highest BCUT2D eigenvalue weighted by Gasteiger charge is 2.29. The Morgan fingerprint density at radius 3 is 2.90 bits per heavy atom. The van der Waals surface area contributed by atoms with Crippen LogP contribution >= 0.6 is 0 Å². The van der Waals surface area contributed by atoms with Gasteiger partial charge in [0, 0.05) is 12.6 Å². The summed E-state index contributed by atoms with van der Waals surface area (Å²) in [6, 6.07) is 7.92. The Labute approximate surface area is 124 Å². The van der Waals surface area contributed by atoms with E-state index in [1.165, 1.54) is 0 Å². The SMILES string of the molecule is COc1cc(CN2CCC(C(=O)O)CC2C)ccc1C#N. The van der Waals surface area contributed by atoms with Crippen molar-refractivity contribution in [2.24, 2.45) is 5.92 Å². The average molecular weight is 288 g/mol. The van der Waals surface area contributed by atoms with Gasteiger partial charge in [0.2, 0.25) is 0 Å². The third kappa shape index (κ3) is 3.53. The number of methoxy groups -OCH3 is 1. The van der Waals surface area contributed by atoms with E-state index in [1.54, 1.807) is 13.2 Å². The number of nitrogens with zero attached hydrogens (tertiary/aromatic N) is 2. The molecule has 2 rings (SSSR count). The molecule has 1 N–H and O–H groups in total. The number of piperidine rings is 1. The number of rotatable bonds is 4. The second-order valence-corrected chi connectivity index (χ2v) is 5.53. The monoisotopic (exact) mass is 288 g/mol. The van der Waals surface area contributed by atoms with Crippen molar-refractivity contribution in [1.29, 1.82) is 5.26 Å². The van der Waals surface area contributed by atoms with Gasteiger partial charge in [0.25, 0.3) is 0 Å². The molecule has 0 spiro atoms. The minimum absolute atomic E-state index is 0.230. The molecule has 0 aliphatic carbocycles. The van der Waals surface area contributed by atoms with Crippen LogP contribution in [-0.4, -0.2) is 35.7 Å². The van der Waals surface area contributed by atoms with E-state index in [0.717, 1.165) is 18.7 Å². The first-order valence-electron chi connectivity index (χ1n) is 7.09. The van der Waals surface area contributed by atoms with Gasteiger partial charge in [-0.15, -0.1) is 0 Å². The second-order valence-electron chi connectivity index (χ2n) is 5.53. The molecule has 2 atom stereocenters. The van der Waals surface area contributed by atoms with Gasteiger partial charge >= 0.3 is 5.97 Å². The molecular formula is C16H20N2O3. The summed E-state index contributed by atoms with van der Waals surface area (Å²) in [7, 11) is 1.56. The number of carbonyl (C=O) groups is 1. The normalized spacial score (nSPS) is 22.5. The Morgan fingerprint density at radius 1 is 1.57 bits per heavy atom. The highest BCUT2D eigenvalue weighted by molar-refractivity contribution is 5.70. The van der Waals surface area contributed by atoms with Crippen molar-refractivity contribution in [1.82, 2.24) is 4.90 Å². The third-order valence-electron chi connectivity index (χ3n) is 4.14. The summed E-state index contributed by atoms with van der Waals surface area (Å²) >= 11 is 0. The molecule has 0 radical (unpaired) electrons. The third-order valence-corrected chi connectivity index (χ3v) is 4.14. The van der Waals surface area contributed by atoms with E-state index in [2.05, 4.69) is 17.9 Å². The van der Waals surface area contributed by atoms with Crippen molar-refractivity contribution in [2.75, 3.05) is 13.7 Å². The maximum Gasteiger partial charge on any atom is 0.306 e. The highest BCUT2D eigenvalue weighted by atomic mass is 16.5. The van der Waals surface area contributed by atoms with Crippen LogP contribution in [0.2, 0.25) is 0 Å². The Kier molecular flexibility index (Phi) is 4.81. The van der Waals surface area contributed by atoms with Crippen LogP contribution in [0.4, 0.5) is 0 Å². The zero-order valence-corrected chi connectivity index (χ0v) is 12.4. The molecule has 1 aliphatic heterocycles. The number of nitriles is 1. The lowest BCUT2D eigenvalue weighted by Gasteiger charge is -2.36. The number of hydrogen-bond donors (Lipinski definition) is 1. The average Bonchev–Trinajstić information content (AvgIpc) is 2.48. The zero-order chi connectivity index (χ0) is 15.4. The molecule has 1 fully saturated rings. The maximum atomic E-state index is 11.1. The van der Waals surface area contributed by atoms with Gasteiger partial charge in [0.15, 0.2) is 0 Å². The molecule has 1 saturated heterocycles. The lowest BCUT2D eigenvalue weighted by Crippen LogP contribution is -2.42. The standard InChI is InChI=1S/C16H20N2O3/c1-11-7-13(16(19)20)5-6-18(11)10-12-3-4-14(9-17)15(8-12)21-2/h3-4,8,11,13H,5-7,10H2,1-2H3,(H,19,20). The molecule has 1 aromatic rings. The summed E-state index contributed by atoms with van der Waals surface area (Å²) in [6.45, 7) is 3.59. The summed E-state index contributed by atoms with van der Waals surface area (Å²) in [4.78, 5) is 13.3. The summed E-state index contributed by atoms with van der Waals surface area (Å²) in [6.07, 6.45) is 1.37. The minimum Gasteiger partial charge on any atom is -0.495 e. The van der Waals surface area contributed by atoms with Gasteiger partial charge in [-0.2, -0.15) is 5.26 Å². The topological polar surface area (TPSA) is 73.6 Å². The molecule has 0 saturated carbocycles. The lowest BCUT2D eigenvalue weighted by atomic mass is 9.91. The lowest BCUT2D eigenvalue weighted by molar-refractivity contribution is -0.144. The Hall–Kier alpha value is -2.06. The van der Waals surface area contributed by atoms with Gasteiger partial charge in [-0.05, 0) is 44.0 Å². The van der Waals surface area contributed by atoms with Gasteiger partial charge in [-0.3, -0.25) is 9.69 Å². The predicted octanol–water partition coefficient (Wildman–Crippen LogP) is 2.25. The molecule has 5 heteroatoms. The van der Waals surface area contributed by atoms with Crippen LogP contribution in [0.15, 0.2) is 18.2 Å². The van der Waals surface area contributed by atoms with E-state index in [-0.39, 0.29) is 12.0 Å². The number of hydrogen-bond acceptors (Lipinski definition) is 4. The molecule has 1 aliphatic rings. The molecule has 2 unspecified atom stereocenters. The minimum atomic E-state index is -0.693. The van der Waals surface area contributed by atoms with Gasteiger partial charge in [0.05, 0.1) is 18.6 Å². The number of aliphatic carboxylic acids is 1. The van der Waals surface area contributed by atoms with Gasteiger partial charge in [0.1, 0.15) is 11.8 Å². The van der Waals surface area contributed by atoms with Crippen LogP contribution in [0.5, 0.6) is 5.75 Å². The first-order valence-corrected chi connectivity index (χ1v) is 7.09. The van der Waals surface area contributed by atoms with Gasteiger partial charge in [-0.1, -0.05) is 6.07 Å². The van der Waals surface area contributed by atoms with E-state index in [4.69, 9.17) is 15.1 Å². The Balaban J connectivity index is 2.06. The van der Waals surface area contributed by atoms with Crippen molar-refractivity contribution >= 4 is 5.97 Å². The summed E-state index contributed by atoms with van der Waals surface area (Å²) < 4.78 is 5.22. The van der Waals surface area contributed by atoms with E-state index in [1.807, 2.05) is 12.1 Å². The number of likely N-dealkylation sites (tertiary alicyclic amines) is 1. The Bertz CT molecular complexity index is 565. The second kappa shape index (κ2) is 6.59. The van der Waals surface area contributed by atoms with E-state index in [9.17, 15) is 4.79 Å². The fraction of sp³-hybridized carbons (Fsp3) is 0.500. The summed E-state index contributed by atoms with van der Waals surface area (Å²) in [5.74, 6) is -0.337. The van der Waals surface area contributed by atoms with Crippen LogP contribution in [0.25, 0.3) is 0 Å². The summed E-state index contributed by atoms with van der Waals surface area (Å²) in [5, 5.41) is 18.1. The van der Waals surface area contributed by atoms with E-state index >= 15 is 0 Å². The molecule has 0 amide bonds. The molecule has 0 bridgehead atoms. The first kappa shape index (κ1) is 15.3. The molecule has 21 heavy (non-hydrogen) atoms. The number of carboxylic acids is 1. The maximum absolute atomic E-state index is 11.1. The number of carboxylic acid groups (broad SMARTS) is 1. The van der Waals surface area contributed by atoms with Crippen LogP contribution in [0, 0.1) is 17.2 Å². The van der Waals surface area contributed by atoms with E-state index in [0.29, 0.717) is 24.2 Å². The molecular weight excluding hydrogens is 268 g/mol. The van der Waals surface area contributed by atoms with Crippen LogP contribution < -0.4 is 4.74 Å². The molecule has 112 valence electrons. The van der Waals surface area contributed by atoms with Crippen LogP contribution in [-0.2, 0) is 11.3 Å². The fourth-order valence-electron chi connectivity index (χ4n) is 2.84. The van der Waals surface area contributed by atoms with Gasteiger partial charge in [-0.25, -0.2) is 0 Å². The molecule has 5 nitrogen and oxygen atoms in total. The fourth-order valence-corrected chi connectivity index (χ4v) is 2.84. The summed E-state index contributed by atoms with van der Waals surface area (Å²) in [5.41, 5.74) is 1.60. The number of ether oxygens (including phenoxy) is 1.